The van der Waals surface area contributed by atoms with Gasteiger partial charge in [0.2, 0.25) is 5.91 Å². The zero-order chi connectivity index (χ0) is 16.7. The summed E-state index contributed by atoms with van der Waals surface area (Å²) in [5.74, 6) is 0.768. The summed E-state index contributed by atoms with van der Waals surface area (Å²) >= 11 is 6.22. The predicted molar refractivity (Wildman–Crippen MR) is 91.9 cm³/mol. The number of methoxy groups -OCH3 is 1. The minimum Gasteiger partial charge on any atom is -0.497 e. The lowest BCUT2D eigenvalue weighted by Crippen LogP contribution is -2.34. The smallest absolute Gasteiger partial charge is 0.227 e. The Morgan fingerprint density at radius 3 is 2.61 bits per heavy atom. The lowest BCUT2D eigenvalue weighted by atomic mass is 10.1. The van der Waals surface area contributed by atoms with E-state index >= 15 is 0 Å². The number of halogens is 1. The average Bonchev–Trinajstić information content (AvgIpc) is 2.58. The highest BCUT2D eigenvalue weighted by molar-refractivity contribution is 6.31. The van der Waals surface area contributed by atoms with Crippen LogP contribution in [0.2, 0.25) is 5.02 Å². The molecule has 0 aliphatic carbocycles. The van der Waals surface area contributed by atoms with Crippen LogP contribution in [-0.4, -0.2) is 36.0 Å². The Bertz CT molecular complexity index is 647. The number of carbonyl (C=O) groups is 1. The number of ether oxygens (including phenoxy) is 1. The van der Waals surface area contributed by atoms with E-state index in [-0.39, 0.29) is 5.91 Å². The summed E-state index contributed by atoms with van der Waals surface area (Å²) in [5, 5.41) is 0.558. The maximum absolute atomic E-state index is 12.5. The summed E-state index contributed by atoms with van der Waals surface area (Å²) in [6.07, 6.45) is 4.65. The van der Waals surface area contributed by atoms with Crippen molar-refractivity contribution in [3.05, 3.63) is 58.9 Å². The molecule has 1 aromatic carbocycles. The minimum absolute atomic E-state index is 0.0774. The third kappa shape index (κ3) is 4.96. The van der Waals surface area contributed by atoms with E-state index in [0.717, 1.165) is 12.0 Å². The van der Waals surface area contributed by atoms with E-state index in [2.05, 4.69) is 4.98 Å². The van der Waals surface area contributed by atoms with Gasteiger partial charge in [-0.05, 0) is 48.7 Å². The number of aromatic nitrogens is 1. The molecule has 1 aromatic heterocycles. The van der Waals surface area contributed by atoms with Gasteiger partial charge in [0, 0.05) is 30.5 Å². The first-order chi connectivity index (χ1) is 11.1. The Labute approximate surface area is 142 Å². The number of nitrogens with zero attached hydrogens (tertiary/aromatic N) is 2. The zero-order valence-corrected chi connectivity index (χ0v) is 14.2. The Morgan fingerprint density at radius 1 is 1.26 bits per heavy atom. The molecule has 0 aliphatic heterocycles. The van der Waals surface area contributed by atoms with Crippen LogP contribution in [0, 0.1) is 0 Å². The van der Waals surface area contributed by atoms with Crippen molar-refractivity contribution in [3.63, 3.8) is 0 Å². The SMILES string of the molecule is CCN(CCc1ccncc1)C(=O)Cc1ccc(OC)cc1Cl. The van der Waals surface area contributed by atoms with E-state index in [1.54, 1.807) is 25.6 Å². The van der Waals surface area contributed by atoms with Gasteiger partial charge < -0.3 is 9.64 Å². The highest BCUT2D eigenvalue weighted by Gasteiger charge is 2.14. The largest absolute Gasteiger partial charge is 0.497 e. The number of amides is 1. The zero-order valence-electron chi connectivity index (χ0n) is 13.5. The van der Waals surface area contributed by atoms with Crippen LogP contribution in [0.15, 0.2) is 42.7 Å². The summed E-state index contributed by atoms with van der Waals surface area (Å²) in [4.78, 5) is 18.3. The Balaban J connectivity index is 1.97. The molecule has 0 saturated heterocycles. The molecule has 0 bridgehead atoms. The van der Waals surface area contributed by atoms with Crippen molar-refractivity contribution in [1.29, 1.82) is 0 Å². The van der Waals surface area contributed by atoms with Gasteiger partial charge in [-0.15, -0.1) is 0 Å². The predicted octanol–water partition coefficient (Wildman–Crippen LogP) is 3.38. The number of rotatable bonds is 7. The fourth-order valence-electron chi connectivity index (χ4n) is 2.35. The first-order valence-electron chi connectivity index (χ1n) is 7.63. The van der Waals surface area contributed by atoms with Crippen molar-refractivity contribution in [2.45, 2.75) is 19.8 Å². The lowest BCUT2D eigenvalue weighted by Gasteiger charge is -2.21. The first kappa shape index (κ1) is 17.3. The summed E-state index contributed by atoms with van der Waals surface area (Å²) in [7, 11) is 1.59. The van der Waals surface area contributed by atoms with Crippen LogP contribution in [0.25, 0.3) is 0 Å². The quantitative estimate of drug-likeness (QED) is 0.780. The molecule has 4 nitrogen and oxygen atoms in total. The van der Waals surface area contributed by atoms with Crippen molar-refractivity contribution >= 4 is 17.5 Å². The second-order valence-corrected chi connectivity index (χ2v) is 5.62. The van der Waals surface area contributed by atoms with Gasteiger partial charge in [-0.2, -0.15) is 0 Å². The van der Waals surface area contributed by atoms with Crippen LogP contribution in [-0.2, 0) is 17.6 Å². The van der Waals surface area contributed by atoms with Gasteiger partial charge in [0.05, 0.1) is 13.5 Å². The molecule has 1 heterocycles. The minimum atomic E-state index is 0.0774. The van der Waals surface area contributed by atoms with Crippen LogP contribution in [0.3, 0.4) is 0 Å². The van der Waals surface area contributed by atoms with Gasteiger partial charge in [-0.1, -0.05) is 17.7 Å². The molecule has 0 aliphatic rings. The second-order valence-electron chi connectivity index (χ2n) is 5.21. The van der Waals surface area contributed by atoms with Crippen molar-refractivity contribution in [1.82, 2.24) is 9.88 Å². The average molecular weight is 333 g/mol. The standard InChI is InChI=1S/C18H21ClN2O2/c1-3-21(11-8-14-6-9-20-10-7-14)18(22)12-15-4-5-16(23-2)13-17(15)19/h4-7,9-10,13H,3,8,11-12H2,1-2H3. The van der Waals surface area contributed by atoms with E-state index in [4.69, 9.17) is 16.3 Å². The van der Waals surface area contributed by atoms with Crippen molar-refractivity contribution < 1.29 is 9.53 Å². The van der Waals surface area contributed by atoms with Crippen molar-refractivity contribution in [3.8, 4) is 5.75 Å². The molecular weight excluding hydrogens is 312 g/mol. The second kappa shape index (κ2) is 8.53. The van der Waals surface area contributed by atoms with Gasteiger partial charge in [0.1, 0.15) is 5.75 Å². The molecule has 2 rings (SSSR count). The molecule has 0 N–H and O–H groups in total. The molecule has 0 unspecified atom stereocenters. The van der Waals surface area contributed by atoms with Crippen molar-refractivity contribution in [2.75, 3.05) is 20.2 Å². The molecule has 0 atom stereocenters. The van der Waals surface area contributed by atoms with E-state index in [0.29, 0.717) is 30.3 Å². The van der Waals surface area contributed by atoms with Gasteiger partial charge in [0.15, 0.2) is 0 Å². The normalized spacial score (nSPS) is 10.4. The molecule has 1 amide bonds. The maximum atomic E-state index is 12.5. The number of likely N-dealkylation sites (N-methyl/N-ethyl adjacent to an activating group) is 1. The fourth-order valence-corrected chi connectivity index (χ4v) is 2.58. The Hall–Kier alpha value is -2.07. The topological polar surface area (TPSA) is 42.4 Å². The monoisotopic (exact) mass is 332 g/mol. The highest BCUT2D eigenvalue weighted by Crippen LogP contribution is 2.23. The van der Waals surface area contributed by atoms with E-state index in [1.165, 1.54) is 5.56 Å². The van der Waals surface area contributed by atoms with Gasteiger partial charge in [0.25, 0.3) is 0 Å². The molecule has 5 heteroatoms. The van der Waals surface area contributed by atoms with Gasteiger partial charge in [-0.3, -0.25) is 9.78 Å². The molecular formula is C18H21ClN2O2. The lowest BCUT2D eigenvalue weighted by molar-refractivity contribution is -0.130. The van der Waals surface area contributed by atoms with Gasteiger partial charge >= 0.3 is 0 Å². The maximum Gasteiger partial charge on any atom is 0.227 e. The molecule has 122 valence electrons. The number of benzene rings is 1. The number of hydrogen-bond acceptors (Lipinski definition) is 3. The number of pyridine rings is 1. The van der Waals surface area contributed by atoms with Crippen LogP contribution in [0.4, 0.5) is 0 Å². The third-order valence-corrected chi connectivity index (χ3v) is 4.11. The number of carbonyl (C=O) groups excluding carboxylic acids is 1. The van der Waals surface area contributed by atoms with Crippen LogP contribution in [0.1, 0.15) is 18.1 Å². The molecule has 0 fully saturated rings. The first-order valence-corrected chi connectivity index (χ1v) is 8.01. The van der Waals surface area contributed by atoms with Crippen molar-refractivity contribution in [2.24, 2.45) is 0 Å². The van der Waals surface area contributed by atoms with E-state index in [9.17, 15) is 4.79 Å². The highest BCUT2D eigenvalue weighted by atomic mass is 35.5. The van der Waals surface area contributed by atoms with Gasteiger partial charge in [-0.25, -0.2) is 0 Å². The Kier molecular flexibility index (Phi) is 6.41. The molecule has 0 radical (unpaired) electrons. The Morgan fingerprint density at radius 2 is 2.00 bits per heavy atom. The molecule has 23 heavy (non-hydrogen) atoms. The molecule has 2 aromatic rings. The van der Waals surface area contributed by atoms with Crippen LogP contribution in [0.5, 0.6) is 5.75 Å². The summed E-state index contributed by atoms with van der Waals surface area (Å²) < 4.78 is 5.13. The molecule has 0 spiro atoms. The summed E-state index contributed by atoms with van der Waals surface area (Å²) in [6, 6.07) is 9.34. The van der Waals surface area contributed by atoms with Crippen LogP contribution >= 0.6 is 11.6 Å². The summed E-state index contributed by atoms with van der Waals surface area (Å²) in [6.45, 7) is 3.35. The molecule has 0 saturated carbocycles. The fraction of sp³-hybridized carbons (Fsp3) is 0.333. The third-order valence-electron chi connectivity index (χ3n) is 3.76. The number of hydrogen-bond donors (Lipinski definition) is 0. The van der Waals surface area contributed by atoms with E-state index in [1.807, 2.05) is 36.1 Å². The van der Waals surface area contributed by atoms with E-state index < -0.39 is 0 Å². The summed E-state index contributed by atoms with van der Waals surface area (Å²) in [5.41, 5.74) is 1.99. The van der Waals surface area contributed by atoms with Crippen LogP contribution < -0.4 is 4.74 Å².